The first-order valence-electron chi connectivity index (χ1n) is 10.9. The van der Waals surface area contributed by atoms with Gasteiger partial charge in [-0.1, -0.05) is 19.8 Å². The lowest BCUT2D eigenvalue weighted by Gasteiger charge is -2.24. The van der Waals surface area contributed by atoms with Crippen molar-refractivity contribution in [1.82, 2.24) is 16.0 Å². The molecule has 0 aromatic rings. The van der Waals surface area contributed by atoms with Gasteiger partial charge in [0.2, 0.25) is 0 Å². The number of ether oxygens (including phenoxy) is 3. The zero-order chi connectivity index (χ0) is 21.5. The molecule has 178 valence electrons. The summed E-state index contributed by atoms with van der Waals surface area (Å²) in [4.78, 5) is 16.2. The molecule has 2 unspecified atom stereocenters. The summed E-state index contributed by atoms with van der Waals surface area (Å²) in [6.07, 6.45) is 4.73. The van der Waals surface area contributed by atoms with E-state index in [2.05, 4.69) is 27.9 Å². The number of guanidine groups is 1. The van der Waals surface area contributed by atoms with Crippen LogP contribution in [0.4, 0.5) is 4.79 Å². The van der Waals surface area contributed by atoms with Gasteiger partial charge < -0.3 is 30.2 Å². The Morgan fingerprint density at radius 1 is 1.27 bits per heavy atom. The van der Waals surface area contributed by atoms with Crippen molar-refractivity contribution in [3.63, 3.8) is 0 Å². The molecule has 0 aromatic heterocycles. The van der Waals surface area contributed by atoms with Crippen LogP contribution in [-0.2, 0) is 14.2 Å². The van der Waals surface area contributed by atoms with Crippen LogP contribution >= 0.6 is 24.0 Å². The molecule has 3 N–H and O–H groups in total. The van der Waals surface area contributed by atoms with Crippen LogP contribution in [0, 0.1) is 5.92 Å². The van der Waals surface area contributed by atoms with Gasteiger partial charge in [0, 0.05) is 45.3 Å². The van der Waals surface area contributed by atoms with E-state index in [1.807, 2.05) is 20.8 Å². The third-order valence-corrected chi connectivity index (χ3v) is 4.50. The number of nitrogens with zero attached hydrogens (tertiary/aromatic N) is 1. The maximum atomic E-state index is 11.9. The lowest BCUT2D eigenvalue weighted by atomic mass is 10.1. The van der Waals surface area contributed by atoms with Gasteiger partial charge in [0.15, 0.2) is 5.96 Å². The Balaban J connectivity index is 0.00000841. The molecule has 1 amide bonds. The third kappa shape index (κ3) is 15.1. The van der Waals surface area contributed by atoms with E-state index in [1.165, 1.54) is 0 Å². The van der Waals surface area contributed by atoms with Gasteiger partial charge in [-0.15, -0.1) is 24.0 Å². The van der Waals surface area contributed by atoms with E-state index >= 15 is 0 Å². The first-order valence-corrected chi connectivity index (χ1v) is 10.9. The molecule has 0 saturated carbocycles. The van der Waals surface area contributed by atoms with E-state index in [9.17, 15) is 4.79 Å². The summed E-state index contributed by atoms with van der Waals surface area (Å²) in [6, 6.07) is 0.0901. The van der Waals surface area contributed by atoms with Crippen LogP contribution < -0.4 is 16.0 Å². The molecule has 8 nitrogen and oxygen atoms in total. The summed E-state index contributed by atoms with van der Waals surface area (Å²) in [6.45, 7) is 12.2. The van der Waals surface area contributed by atoms with Crippen LogP contribution in [0.2, 0.25) is 0 Å². The van der Waals surface area contributed by atoms with E-state index in [4.69, 9.17) is 14.2 Å². The Kier molecular flexibility index (Phi) is 16.4. The van der Waals surface area contributed by atoms with Crippen molar-refractivity contribution < 1.29 is 19.0 Å². The largest absolute Gasteiger partial charge is 0.444 e. The molecule has 0 radical (unpaired) electrons. The fraction of sp³-hybridized carbons (Fsp3) is 0.905. The van der Waals surface area contributed by atoms with Crippen molar-refractivity contribution >= 4 is 36.0 Å². The zero-order valence-electron chi connectivity index (χ0n) is 19.4. The molecule has 0 aliphatic carbocycles. The van der Waals surface area contributed by atoms with E-state index in [0.717, 1.165) is 71.0 Å². The molecule has 0 aromatic carbocycles. The van der Waals surface area contributed by atoms with Crippen molar-refractivity contribution in [1.29, 1.82) is 0 Å². The summed E-state index contributed by atoms with van der Waals surface area (Å²) in [7, 11) is 1.75. The van der Waals surface area contributed by atoms with Crippen molar-refractivity contribution in [2.75, 3.05) is 46.6 Å². The van der Waals surface area contributed by atoms with Crippen LogP contribution in [-0.4, -0.2) is 70.3 Å². The van der Waals surface area contributed by atoms with Gasteiger partial charge in [0.1, 0.15) is 5.60 Å². The summed E-state index contributed by atoms with van der Waals surface area (Å²) < 4.78 is 16.4. The fourth-order valence-corrected chi connectivity index (χ4v) is 2.93. The molecule has 9 heteroatoms. The number of hydrogen-bond acceptors (Lipinski definition) is 5. The van der Waals surface area contributed by atoms with Crippen LogP contribution in [0.25, 0.3) is 0 Å². The maximum absolute atomic E-state index is 11.9. The van der Waals surface area contributed by atoms with E-state index in [0.29, 0.717) is 12.5 Å². The average Bonchev–Trinajstić information content (AvgIpc) is 3.17. The Labute approximate surface area is 199 Å². The van der Waals surface area contributed by atoms with Gasteiger partial charge >= 0.3 is 6.09 Å². The number of carbonyl (C=O) groups is 1. The average molecular weight is 543 g/mol. The third-order valence-electron chi connectivity index (χ3n) is 4.50. The quantitative estimate of drug-likeness (QED) is 0.152. The Morgan fingerprint density at radius 2 is 2.03 bits per heavy atom. The Bertz CT molecular complexity index is 480. The molecule has 1 fully saturated rings. The van der Waals surface area contributed by atoms with Crippen LogP contribution in [0.5, 0.6) is 0 Å². The van der Waals surface area contributed by atoms with Crippen LogP contribution in [0.3, 0.4) is 0 Å². The molecule has 1 aliphatic heterocycles. The standard InChI is InChI=1S/C21H42N4O4.HI/c1-6-7-9-18(14-24-20(26)29-21(2,3)4)25-19(22-5)23-11-8-12-27-15-17-10-13-28-16-17;/h17-18H,6-16H2,1-5H3,(H,24,26)(H2,22,23,25);1H. The van der Waals surface area contributed by atoms with Crippen LogP contribution in [0.1, 0.15) is 59.8 Å². The second-order valence-electron chi connectivity index (χ2n) is 8.52. The lowest BCUT2D eigenvalue weighted by molar-refractivity contribution is 0.0522. The first kappa shape index (κ1) is 29.2. The number of aliphatic imine (C=N–C) groups is 1. The highest BCUT2D eigenvalue weighted by molar-refractivity contribution is 14.0. The SMILES string of the molecule is CCCCC(CNC(=O)OC(C)(C)C)NC(=NC)NCCCOCC1CCOC1.I. The predicted octanol–water partition coefficient (Wildman–Crippen LogP) is 3.30. The molecule has 2 atom stereocenters. The number of carbonyl (C=O) groups excluding carboxylic acids is 1. The normalized spacial score (nSPS) is 17.8. The summed E-state index contributed by atoms with van der Waals surface area (Å²) >= 11 is 0. The van der Waals surface area contributed by atoms with Gasteiger partial charge in [-0.25, -0.2) is 4.79 Å². The fourth-order valence-electron chi connectivity index (χ4n) is 2.93. The Morgan fingerprint density at radius 3 is 2.63 bits per heavy atom. The molecule has 0 spiro atoms. The molecular weight excluding hydrogens is 499 g/mol. The van der Waals surface area contributed by atoms with E-state index in [1.54, 1.807) is 7.05 Å². The van der Waals surface area contributed by atoms with Gasteiger partial charge in [0.25, 0.3) is 0 Å². The Hall–Kier alpha value is -0.810. The number of nitrogens with one attached hydrogen (secondary N) is 3. The summed E-state index contributed by atoms with van der Waals surface area (Å²) in [5.41, 5.74) is -0.499. The maximum Gasteiger partial charge on any atom is 0.407 e. The highest BCUT2D eigenvalue weighted by Crippen LogP contribution is 2.12. The van der Waals surface area contributed by atoms with Crippen LogP contribution in [0.15, 0.2) is 4.99 Å². The number of halogens is 1. The highest BCUT2D eigenvalue weighted by atomic mass is 127. The second kappa shape index (κ2) is 16.8. The minimum absolute atomic E-state index is 0. The number of amides is 1. The minimum Gasteiger partial charge on any atom is -0.444 e. The molecule has 30 heavy (non-hydrogen) atoms. The monoisotopic (exact) mass is 542 g/mol. The smallest absolute Gasteiger partial charge is 0.407 e. The molecule has 1 aliphatic rings. The molecule has 1 rings (SSSR count). The molecule has 1 saturated heterocycles. The zero-order valence-corrected chi connectivity index (χ0v) is 21.8. The summed E-state index contributed by atoms with van der Waals surface area (Å²) in [5, 5.41) is 9.58. The van der Waals surface area contributed by atoms with Gasteiger partial charge in [-0.3, -0.25) is 4.99 Å². The van der Waals surface area contributed by atoms with E-state index in [-0.39, 0.29) is 30.0 Å². The first-order chi connectivity index (χ1) is 13.8. The summed E-state index contributed by atoms with van der Waals surface area (Å²) in [5.74, 6) is 1.29. The van der Waals surface area contributed by atoms with Crippen molar-refractivity contribution in [3.05, 3.63) is 0 Å². The molecule has 0 bridgehead atoms. The lowest BCUT2D eigenvalue weighted by Crippen LogP contribution is -2.49. The van der Waals surface area contributed by atoms with Gasteiger partial charge in [0.05, 0.1) is 13.2 Å². The topological polar surface area (TPSA) is 93.2 Å². The van der Waals surface area contributed by atoms with Gasteiger partial charge in [-0.05, 0) is 40.0 Å². The van der Waals surface area contributed by atoms with Crippen molar-refractivity contribution in [2.45, 2.75) is 71.4 Å². The number of rotatable bonds is 12. The second-order valence-corrected chi connectivity index (χ2v) is 8.52. The van der Waals surface area contributed by atoms with Crippen molar-refractivity contribution in [2.24, 2.45) is 10.9 Å². The molecule has 1 heterocycles. The highest BCUT2D eigenvalue weighted by Gasteiger charge is 2.18. The van der Waals surface area contributed by atoms with Crippen molar-refractivity contribution in [3.8, 4) is 0 Å². The van der Waals surface area contributed by atoms with E-state index < -0.39 is 11.7 Å². The molecular formula is C21H43IN4O4. The number of hydrogen-bond donors (Lipinski definition) is 3. The number of unbranched alkanes of at least 4 members (excludes halogenated alkanes) is 1. The van der Waals surface area contributed by atoms with Gasteiger partial charge in [-0.2, -0.15) is 0 Å². The predicted molar refractivity (Wildman–Crippen MR) is 132 cm³/mol. The number of alkyl carbamates (subject to hydrolysis) is 1. The minimum atomic E-state index is -0.499.